The minimum Gasteiger partial charge on any atom is -0.394 e. The fraction of sp³-hybridized carbons (Fsp3) is 0.481. The van der Waals surface area contributed by atoms with Crippen LogP contribution in [0.25, 0.3) is 11.1 Å². The molecule has 2 aromatic rings. The van der Waals surface area contributed by atoms with Crippen LogP contribution in [0.2, 0.25) is 0 Å². The Kier molecular flexibility index (Phi) is 9.91. The van der Waals surface area contributed by atoms with E-state index in [2.05, 4.69) is 96.3 Å². The zero-order valence-electron chi connectivity index (χ0n) is 20.6. The van der Waals surface area contributed by atoms with Crippen LogP contribution in [-0.4, -0.2) is 73.7 Å². The Morgan fingerprint density at radius 2 is 0.970 bits per heavy atom. The molecule has 0 aliphatic heterocycles. The van der Waals surface area contributed by atoms with Gasteiger partial charge in [0.15, 0.2) is 0 Å². The van der Waals surface area contributed by atoms with Crippen molar-refractivity contribution in [1.29, 1.82) is 0 Å². The molecule has 0 N–H and O–H groups in total. The van der Waals surface area contributed by atoms with Gasteiger partial charge in [-0.25, -0.2) is 0 Å². The van der Waals surface area contributed by atoms with Crippen LogP contribution >= 0.6 is 0 Å². The number of rotatable bonds is 12. The van der Waals surface area contributed by atoms with Gasteiger partial charge in [0.1, 0.15) is 13.2 Å². The van der Waals surface area contributed by atoms with Gasteiger partial charge < -0.3 is 19.5 Å². The highest BCUT2D eigenvalue weighted by atomic mass is 16.6. The number of hydrogen-bond acceptors (Lipinski definition) is 6. The molecular weight excluding hydrogens is 412 g/mol. The van der Waals surface area contributed by atoms with Crippen LogP contribution in [-0.2, 0) is 9.68 Å². The van der Waals surface area contributed by atoms with E-state index in [0.29, 0.717) is 19.6 Å². The largest absolute Gasteiger partial charge is 0.394 e. The molecule has 6 nitrogen and oxygen atoms in total. The first-order valence-corrected chi connectivity index (χ1v) is 12.2. The van der Waals surface area contributed by atoms with Gasteiger partial charge in [0, 0.05) is 30.6 Å². The molecule has 0 atom stereocenters. The summed E-state index contributed by atoms with van der Waals surface area (Å²) in [4.78, 5) is 16.2. The number of nitrogens with zero attached hydrogens (tertiary/aromatic N) is 4. The van der Waals surface area contributed by atoms with Gasteiger partial charge in [0.2, 0.25) is 0 Å². The third kappa shape index (κ3) is 6.65. The normalized spacial score (nSPS) is 15.6. The first-order valence-electron chi connectivity index (χ1n) is 12.2. The topological polar surface area (TPSA) is 49.7 Å². The van der Waals surface area contributed by atoms with Gasteiger partial charge in [0.05, 0.1) is 11.4 Å². The van der Waals surface area contributed by atoms with Gasteiger partial charge in [-0.3, -0.25) is 0 Å². The van der Waals surface area contributed by atoms with Crippen LogP contribution in [0.5, 0.6) is 0 Å². The summed E-state index contributed by atoms with van der Waals surface area (Å²) >= 11 is 0. The van der Waals surface area contributed by atoms with Crippen molar-refractivity contribution >= 4 is 11.4 Å². The van der Waals surface area contributed by atoms with Gasteiger partial charge in [-0.2, -0.15) is 0 Å². The number of oxime groups is 2. The second-order valence-corrected chi connectivity index (χ2v) is 8.06. The lowest BCUT2D eigenvalue weighted by molar-refractivity contribution is 0.113. The number of likely N-dealkylation sites (N-methyl/N-ethyl adjacent to an activating group) is 2. The monoisotopic (exact) mass is 450 g/mol. The summed E-state index contributed by atoms with van der Waals surface area (Å²) in [6, 6.07) is 16.7. The molecule has 0 fully saturated rings. The van der Waals surface area contributed by atoms with Crippen molar-refractivity contribution in [2.75, 3.05) is 52.5 Å². The third-order valence-corrected chi connectivity index (χ3v) is 6.24. The molecule has 0 aromatic heterocycles. The summed E-state index contributed by atoms with van der Waals surface area (Å²) in [5.74, 6) is 0. The summed E-state index contributed by atoms with van der Waals surface area (Å²) in [7, 11) is 0. The molecule has 0 amide bonds. The van der Waals surface area contributed by atoms with E-state index in [0.717, 1.165) is 72.9 Å². The lowest BCUT2D eigenvalue weighted by atomic mass is 9.96. The molecule has 3 rings (SSSR count). The summed E-state index contributed by atoms with van der Waals surface area (Å²) in [5, 5.41) is 9.17. The van der Waals surface area contributed by atoms with E-state index in [1.165, 1.54) is 0 Å². The number of fused-ring (bicyclic) bond motifs is 3. The van der Waals surface area contributed by atoms with Crippen LogP contribution in [0.3, 0.4) is 0 Å². The standard InChI is InChI=1S/C27H38N4O2/c1-5-30(6-2)17-19-32-28-26-21-27(29-33-20-18-31(7-3)8-4)25-16-12-10-14-23(25)22-13-9-11-15-24(22)26/h9-16H,5-8,17-21H2,1-4H3/b28-26-,29-27+. The number of benzene rings is 2. The molecule has 0 saturated heterocycles. The van der Waals surface area contributed by atoms with Gasteiger partial charge >= 0.3 is 0 Å². The zero-order valence-corrected chi connectivity index (χ0v) is 20.6. The Hall–Kier alpha value is -2.70. The summed E-state index contributed by atoms with van der Waals surface area (Å²) in [6.07, 6.45) is 0.560. The lowest BCUT2D eigenvalue weighted by Gasteiger charge is -2.17. The molecule has 0 radical (unpaired) electrons. The molecular formula is C27H38N4O2. The molecule has 1 aliphatic carbocycles. The van der Waals surface area contributed by atoms with E-state index in [1.807, 2.05) is 0 Å². The quantitative estimate of drug-likeness (QED) is 0.342. The summed E-state index contributed by atoms with van der Waals surface area (Å²) < 4.78 is 0. The second kappa shape index (κ2) is 13.1. The maximum Gasteiger partial charge on any atom is 0.129 e. The smallest absolute Gasteiger partial charge is 0.129 e. The first-order chi connectivity index (χ1) is 16.2. The van der Waals surface area contributed by atoms with Crippen LogP contribution in [0.15, 0.2) is 58.8 Å². The summed E-state index contributed by atoms with van der Waals surface area (Å²) in [6.45, 7) is 15.5. The van der Waals surface area contributed by atoms with E-state index in [9.17, 15) is 0 Å². The molecule has 2 aromatic carbocycles. The van der Waals surface area contributed by atoms with E-state index < -0.39 is 0 Å². The molecule has 6 heteroatoms. The van der Waals surface area contributed by atoms with Crippen LogP contribution in [0.4, 0.5) is 0 Å². The lowest BCUT2D eigenvalue weighted by Crippen LogP contribution is -2.26. The van der Waals surface area contributed by atoms with Crippen LogP contribution in [0.1, 0.15) is 45.2 Å². The van der Waals surface area contributed by atoms with Crippen molar-refractivity contribution in [3.05, 3.63) is 59.7 Å². The van der Waals surface area contributed by atoms with Gasteiger partial charge in [-0.1, -0.05) is 86.5 Å². The fourth-order valence-electron chi connectivity index (χ4n) is 4.12. The van der Waals surface area contributed by atoms with E-state index in [1.54, 1.807) is 0 Å². The third-order valence-electron chi connectivity index (χ3n) is 6.24. The highest BCUT2D eigenvalue weighted by Gasteiger charge is 2.23. The predicted octanol–water partition coefficient (Wildman–Crippen LogP) is 4.88. The van der Waals surface area contributed by atoms with Gasteiger partial charge in [-0.05, 0) is 37.3 Å². The highest BCUT2D eigenvalue weighted by molar-refractivity contribution is 6.24. The Balaban J connectivity index is 1.85. The Morgan fingerprint density at radius 3 is 1.33 bits per heavy atom. The van der Waals surface area contributed by atoms with E-state index in [-0.39, 0.29) is 0 Å². The Morgan fingerprint density at radius 1 is 0.606 bits per heavy atom. The first kappa shape index (κ1) is 24.9. The van der Waals surface area contributed by atoms with Gasteiger partial charge in [0.25, 0.3) is 0 Å². The zero-order chi connectivity index (χ0) is 23.5. The van der Waals surface area contributed by atoms with Crippen molar-refractivity contribution < 1.29 is 9.68 Å². The molecule has 0 bridgehead atoms. The maximum atomic E-state index is 5.80. The van der Waals surface area contributed by atoms with Crippen molar-refractivity contribution in [3.8, 4) is 11.1 Å². The molecule has 33 heavy (non-hydrogen) atoms. The van der Waals surface area contributed by atoms with E-state index >= 15 is 0 Å². The average molecular weight is 451 g/mol. The minimum atomic E-state index is 0.560. The number of hydrogen-bond donors (Lipinski definition) is 0. The molecule has 0 unspecified atom stereocenters. The molecule has 0 saturated carbocycles. The molecule has 0 heterocycles. The van der Waals surface area contributed by atoms with Crippen LogP contribution in [0, 0.1) is 0 Å². The SMILES string of the molecule is CCN(CC)CCO/N=C1/C/C(=N\OCCN(CC)CC)c2ccccc2-c2ccccc21. The highest BCUT2D eigenvalue weighted by Crippen LogP contribution is 2.33. The summed E-state index contributed by atoms with van der Waals surface area (Å²) in [5.41, 5.74) is 6.22. The minimum absolute atomic E-state index is 0.560. The van der Waals surface area contributed by atoms with Crippen molar-refractivity contribution in [2.24, 2.45) is 10.3 Å². The average Bonchev–Trinajstić information content (AvgIpc) is 2.99. The van der Waals surface area contributed by atoms with Crippen molar-refractivity contribution in [1.82, 2.24) is 9.80 Å². The second-order valence-electron chi connectivity index (χ2n) is 8.06. The maximum absolute atomic E-state index is 5.80. The molecule has 178 valence electrons. The molecule has 1 aliphatic rings. The predicted molar refractivity (Wildman–Crippen MR) is 137 cm³/mol. The van der Waals surface area contributed by atoms with Crippen molar-refractivity contribution in [2.45, 2.75) is 34.1 Å². The van der Waals surface area contributed by atoms with Crippen molar-refractivity contribution in [3.63, 3.8) is 0 Å². The van der Waals surface area contributed by atoms with Crippen LogP contribution < -0.4 is 0 Å². The Labute approximate surface area is 198 Å². The fourth-order valence-corrected chi connectivity index (χ4v) is 4.12. The van der Waals surface area contributed by atoms with Gasteiger partial charge in [-0.15, -0.1) is 0 Å². The Bertz CT molecular complexity index is 858. The molecule has 0 spiro atoms. The van der Waals surface area contributed by atoms with E-state index in [4.69, 9.17) is 9.68 Å².